The number of hydrogen-bond acceptors (Lipinski definition) is 5. The number of ether oxygens (including phenoxy) is 2. The van der Waals surface area contributed by atoms with Gasteiger partial charge in [-0.05, 0) is 54.3 Å². The van der Waals surface area contributed by atoms with Crippen LogP contribution in [0, 0.1) is 6.92 Å². The zero-order valence-corrected chi connectivity index (χ0v) is 21.8. The molecule has 0 spiro atoms. The summed E-state index contributed by atoms with van der Waals surface area (Å²) < 4.78 is 39.8. The van der Waals surface area contributed by atoms with Gasteiger partial charge in [0.1, 0.15) is 18.1 Å². The third-order valence-corrected chi connectivity index (χ3v) is 7.82. The summed E-state index contributed by atoms with van der Waals surface area (Å²) in [5, 5.41) is 2.80. The van der Waals surface area contributed by atoms with Gasteiger partial charge in [-0.25, -0.2) is 8.42 Å². The third-order valence-electron chi connectivity index (χ3n) is 6.03. The number of carbonyl (C=O) groups excluding carboxylic acids is 1. The molecule has 0 saturated carbocycles. The number of anilines is 1. The van der Waals surface area contributed by atoms with Crippen LogP contribution in [0.15, 0.2) is 77.7 Å². The molecule has 3 aromatic rings. The average molecular weight is 509 g/mol. The van der Waals surface area contributed by atoms with Crippen molar-refractivity contribution in [3.8, 4) is 11.5 Å². The van der Waals surface area contributed by atoms with E-state index in [0.717, 1.165) is 11.3 Å². The summed E-state index contributed by atoms with van der Waals surface area (Å²) in [6.07, 6.45) is -0.994. The van der Waals surface area contributed by atoms with Crippen LogP contribution < -0.4 is 19.1 Å². The summed E-state index contributed by atoms with van der Waals surface area (Å²) in [6, 6.07) is 21.4. The van der Waals surface area contributed by atoms with Crippen molar-refractivity contribution >= 4 is 21.6 Å². The number of nitrogens with one attached hydrogen (secondary N) is 1. The first-order chi connectivity index (χ1) is 17.1. The predicted octanol–water partition coefficient (Wildman–Crippen LogP) is 4.44. The molecule has 1 aliphatic rings. The highest BCUT2D eigenvalue weighted by Gasteiger charge is 2.37. The monoisotopic (exact) mass is 508 g/mol. The number of benzene rings is 3. The van der Waals surface area contributed by atoms with Crippen molar-refractivity contribution in [3.63, 3.8) is 0 Å². The minimum atomic E-state index is -3.89. The van der Waals surface area contributed by atoms with Crippen molar-refractivity contribution in [2.45, 2.75) is 44.1 Å². The smallest absolute Gasteiger partial charge is 0.264 e. The number of nitrogens with zero attached hydrogens (tertiary/aromatic N) is 1. The molecule has 190 valence electrons. The Balaban J connectivity index is 1.41. The molecule has 1 amide bonds. The Labute approximate surface area is 213 Å². The average Bonchev–Trinajstić information content (AvgIpc) is 2.85. The predicted molar refractivity (Wildman–Crippen MR) is 140 cm³/mol. The van der Waals surface area contributed by atoms with Gasteiger partial charge in [-0.15, -0.1) is 0 Å². The summed E-state index contributed by atoms with van der Waals surface area (Å²) >= 11 is 0. The van der Waals surface area contributed by atoms with Crippen molar-refractivity contribution < 1.29 is 22.7 Å². The van der Waals surface area contributed by atoms with Crippen LogP contribution in [0.25, 0.3) is 0 Å². The molecule has 0 fully saturated rings. The molecule has 36 heavy (non-hydrogen) atoms. The van der Waals surface area contributed by atoms with E-state index in [-0.39, 0.29) is 30.0 Å². The fourth-order valence-corrected chi connectivity index (χ4v) is 5.39. The van der Waals surface area contributed by atoms with Crippen LogP contribution in [-0.2, 0) is 20.2 Å². The Morgan fingerprint density at radius 1 is 1.03 bits per heavy atom. The van der Waals surface area contributed by atoms with E-state index in [0.29, 0.717) is 11.4 Å². The summed E-state index contributed by atoms with van der Waals surface area (Å²) in [7, 11) is -3.89. The molecule has 1 atom stereocenters. The van der Waals surface area contributed by atoms with Crippen molar-refractivity contribution in [3.05, 3.63) is 83.9 Å². The summed E-state index contributed by atoms with van der Waals surface area (Å²) in [5.41, 5.74) is 2.64. The van der Waals surface area contributed by atoms with Gasteiger partial charge in [0, 0.05) is 0 Å². The number of carbonyl (C=O) groups is 1. The Kier molecular flexibility index (Phi) is 7.26. The number of hydrogen-bond donors (Lipinski definition) is 1. The summed E-state index contributed by atoms with van der Waals surface area (Å²) in [5.74, 6) is 0.658. The van der Waals surface area contributed by atoms with Gasteiger partial charge >= 0.3 is 0 Å². The molecule has 0 saturated heterocycles. The SMILES string of the molecule is Cc1ccc(S(=O)(=O)N2C[C@H](C(=O)NCCOc3ccc(C(C)(C)C)cc3)Oc3ccccc32)cc1. The summed E-state index contributed by atoms with van der Waals surface area (Å²) in [6.45, 7) is 8.74. The van der Waals surface area contributed by atoms with Crippen LogP contribution in [0.3, 0.4) is 0 Å². The van der Waals surface area contributed by atoms with Crippen molar-refractivity contribution in [2.24, 2.45) is 0 Å². The lowest BCUT2D eigenvalue weighted by atomic mass is 9.87. The van der Waals surface area contributed by atoms with Gasteiger partial charge in [-0.3, -0.25) is 9.10 Å². The molecular formula is C28H32N2O5S. The van der Waals surface area contributed by atoms with Gasteiger partial charge in [0.2, 0.25) is 0 Å². The zero-order chi connectivity index (χ0) is 25.9. The maximum Gasteiger partial charge on any atom is 0.264 e. The number of fused-ring (bicyclic) bond motifs is 1. The number of amides is 1. The molecule has 1 N–H and O–H groups in total. The number of para-hydroxylation sites is 2. The van der Waals surface area contributed by atoms with Crippen LogP contribution in [0.1, 0.15) is 31.9 Å². The Morgan fingerprint density at radius 2 is 1.69 bits per heavy atom. The Hall–Kier alpha value is -3.52. The van der Waals surface area contributed by atoms with E-state index in [9.17, 15) is 13.2 Å². The van der Waals surface area contributed by atoms with E-state index in [4.69, 9.17) is 9.47 Å². The normalized spacial score (nSPS) is 15.6. The fourth-order valence-electron chi connectivity index (χ4n) is 3.91. The second kappa shape index (κ2) is 10.2. The molecule has 1 aliphatic heterocycles. The minimum absolute atomic E-state index is 0.0614. The van der Waals surface area contributed by atoms with Crippen LogP contribution in [0.4, 0.5) is 5.69 Å². The minimum Gasteiger partial charge on any atom is -0.492 e. The van der Waals surface area contributed by atoms with Gasteiger partial charge < -0.3 is 14.8 Å². The van der Waals surface area contributed by atoms with Crippen LogP contribution in [0.2, 0.25) is 0 Å². The quantitative estimate of drug-likeness (QED) is 0.477. The molecule has 0 bridgehead atoms. The second-order valence-electron chi connectivity index (χ2n) is 9.84. The van der Waals surface area contributed by atoms with Crippen LogP contribution in [-0.4, -0.2) is 40.1 Å². The first-order valence-corrected chi connectivity index (χ1v) is 13.4. The molecule has 3 aromatic carbocycles. The van der Waals surface area contributed by atoms with E-state index >= 15 is 0 Å². The molecule has 0 radical (unpaired) electrons. The fraction of sp³-hybridized carbons (Fsp3) is 0.321. The highest BCUT2D eigenvalue weighted by molar-refractivity contribution is 7.92. The molecule has 7 nitrogen and oxygen atoms in total. The molecule has 0 unspecified atom stereocenters. The lowest BCUT2D eigenvalue weighted by molar-refractivity contribution is -0.127. The van der Waals surface area contributed by atoms with Crippen LogP contribution >= 0.6 is 0 Å². The lowest BCUT2D eigenvalue weighted by Crippen LogP contribution is -2.51. The highest BCUT2D eigenvalue weighted by atomic mass is 32.2. The first-order valence-electron chi connectivity index (χ1n) is 11.9. The third kappa shape index (κ3) is 5.65. The molecule has 1 heterocycles. The van der Waals surface area contributed by atoms with Gasteiger partial charge in [-0.1, -0.05) is 62.7 Å². The van der Waals surface area contributed by atoms with E-state index in [2.05, 4.69) is 26.1 Å². The molecule has 4 rings (SSSR count). The standard InChI is InChI=1S/C28H32N2O5S/c1-20-9-15-23(16-10-20)36(32,33)30-19-26(35-25-8-6-5-7-24(25)30)27(31)29-17-18-34-22-13-11-21(12-14-22)28(2,3)4/h5-16,26H,17-19H2,1-4H3,(H,29,31)/t26-/m1/s1. The molecular weight excluding hydrogens is 476 g/mol. The maximum atomic E-state index is 13.5. The van der Waals surface area contributed by atoms with Crippen molar-refractivity contribution in [1.82, 2.24) is 5.32 Å². The highest BCUT2D eigenvalue weighted by Crippen LogP contribution is 2.36. The van der Waals surface area contributed by atoms with Gasteiger partial charge in [0.05, 0.1) is 23.7 Å². The second-order valence-corrected chi connectivity index (χ2v) is 11.7. The zero-order valence-electron chi connectivity index (χ0n) is 21.0. The molecule has 0 aliphatic carbocycles. The van der Waals surface area contributed by atoms with Gasteiger partial charge in [-0.2, -0.15) is 0 Å². The van der Waals surface area contributed by atoms with E-state index in [1.807, 2.05) is 31.2 Å². The molecule has 0 aromatic heterocycles. The first kappa shape index (κ1) is 25.6. The largest absolute Gasteiger partial charge is 0.492 e. The maximum absolute atomic E-state index is 13.5. The summed E-state index contributed by atoms with van der Waals surface area (Å²) in [4.78, 5) is 13.1. The topological polar surface area (TPSA) is 84.9 Å². The number of rotatable bonds is 7. The van der Waals surface area contributed by atoms with Crippen molar-refractivity contribution in [1.29, 1.82) is 0 Å². The number of aryl methyl sites for hydroxylation is 1. The van der Waals surface area contributed by atoms with Gasteiger partial charge in [0.25, 0.3) is 15.9 Å². The van der Waals surface area contributed by atoms with Crippen LogP contribution in [0.5, 0.6) is 11.5 Å². The Bertz CT molecular complexity index is 1310. The Morgan fingerprint density at radius 3 is 2.36 bits per heavy atom. The number of sulfonamides is 1. The van der Waals surface area contributed by atoms with E-state index in [1.165, 1.54) is 9.87 Å². The van der Waals surface area contributed by atoms with E-state index in [1.54, 1.807) is 48.5 Å². The molecule has 8 heteroatoms. The van der Waals surface area contributed by atoms with E-state index < -0.39 is 22.0 Å². The van der Waals surface area contributed by atoms with Gasteiger partial charge in [0.15, 0.2) is 6.10 Å². The van der Waals surface area contributed by atoms with Crippen molar-refractivity contribution in [2.75, 3.05) is 24.0 Å². The lowest BCUT2D eigenvalue weighted by Gasteiger charge is -2.34.